The zero-order valence-electron chi connectivity index (χ0n) is 12.3. The van der Waals surface area contributed by atoms with Crippen LogP contribution in [0.1, 0.15) is 18.4 Å². The van der Waals surface area contributed by atoms with Gasteiger partial charge in [0.15, 0.2) is 0 Å². The predicted octanol–water partition coefficient (Wildman–Crippen LogP) is 1.92. The molecular weight excluding hydrogens is 284 g/mol. The molecule has 0 saturated heterocycles. The van der Waals surface area contributed by atoms with Crippen molar-refractivity contribution >= 4 is 5.97 Å². The Morgan fingerprint density at radius 3 is 2.59 bits per heavy atom. The van der Waals surface area contributed by atoms with Crippen LogP contribution in [0.15, 0.2) is 36.7 Å². The number of aliphatic hydroxyl groups is 1. The third kappa shape index (κ3) is 4.53. The molecule has 1 atom stereocenters. The van der Waals surface area contributed by atoms with Gasteiger partial charge in [0.2, 0.25) is 5.88 Å². The summed E-state index contributed by atoms with van der Waals surface area (Å²) in [4.78, 5) is 19.0. The molecule has 6 nitrogen and oxygen atoms in total. The first-order valence-corrected chi connectivity index (χ1v) is 6.93. The van der Waals surface area contributed by atoms with Gasteiger partial charge in [-0.05, 0) is 30.5 Å². The van der Waals surface area contributed by atoms with Crippen molar-refractivity contribution in [3.05, 3.63) is 42.2 Å². The van der Waals surface area contributed by atoms with Crippen LogP contribution < -0.4 is 4.74 Å². The van der Waals surface area contributed by atoms with Gasteiger partial charge in [-0.1, -0.05) is 6.07 Å². The van der Waals surface area contributed by atoms with Gasteiger partial charge in [0.25, 0.3) is 0 Å². The summed E-state index contributed by atoms with van der Waals surface area (Å²) in [6.45, 7) is 0. The standard InChI is InChI=1S/C16H18N2O4/c1-22-15-7-4-12(10-18-15)14-6-3-11(9-17-14)2-5-13(19)8-16(20)21/h3-4,6-7,9-10,13,19H,2,5,8H2,1H3,(H,20,21). The Labute approximate surface area is 128 Å². The largest absolute Gasteiger partial charge is 0.481 e. The van der Waals surface area contributed by atoms with E-state index in [-0.39, 0.29) is 6.42 Å². The lowest BCUT2D eigenvalue weighted by Crippen LogP contribution is -2.13. The Morgan fingerprint density at radius 1 is 1.23 bits per heavy atom. The fraction of sp³-hybridized carbons (Fsp3) is 0.312. The number of carboxylic acids is 1. The number of carbonyl (C=O) groups is 1. The maximum absolute atomic E-state index is 10.5. The van der Waals surface area contributed by atoms with Crippen molar-refractivity contribution in [1.82, 2.24) is 9.97 Å². The Bertz CT molecular complexity index is 611. The molecule has 2 aromatic rings. The maximum Gasteiger partial charge on any atom is 0.305 e. The quantitative estimate of drug-likeness (QED) is 0.811. The number of methoxy groups -OCH3 is 1. The number of aromatic nitrogens is 2. The van der Waals surface area contributed by atoms with Crippen LogP contribution in [0.3, 0.4) is 0 Å². The number of aryl methyl sites for hydroxylation is 1. The fourth-order valence-electron chi connectivity index (χ4n) is 2.03. The highest BCUT2D eigenvalue weighted by molar-refractivity contribution is 5.67. The first-order valence-electron chi connectivity index (χ1n) is 6.93. The lowest BCUT2D eigenvalue weighted by Gasteiger charge is -2.08. The molecule has 2 rings (SSSR count). The molecule has 0 spiro atoms. The number of rotatable bonds is 7. The Kier molecular flexibility index (Phi) is 5.43. The monoisotopic (exact) mass is 302 g/mol. The molecular formula is C16H18N2O4. The zero-order valence-corrected chi connectivity index (χ0v) is 12.3. The highest BCUT2D eigenvalue weighted by Gasteiger charge is 2.09. The van der Waals surface area contributed by atoms with E-state index in [9.17, 15) is 9.90 Å². The van der Waals surface area contributed by atoms with Gasteiger partial charge < -0.3 is 14.9 Å². The number of aliphatic carboxylic acids is 1. The highest BCUT2D eigenvalue weighted by atomic mass is 16.5. The fourth-order valence-corrected chi connectivity index (χ4v) is 2.03. The SMILES string of the molecule is COc1ccc(-c2ccc(CCC(O)CC(=O)O)cn2)cn1. The molecule has 2 heterocycles. The van der Waals surface area contributed by atoms with Crippen molar-refractivity contribution < 1.29 is 19.7 Å². The van der Waals surface area contributed by atoms with E-state index in [1.54, 1.807) is 25.6 Å². The van der Waals surface area contributed by atoms with Gasteiger partial charge in [0.05, 0.1) is 25.3 Å². The Morgan fingerprint density at radius 2 is 2.05 bits per heavy atom. The molecule has 116 valence electrons. The van der Waals surface area contributed by atoms with Gasteiger partial charge in [-0.2, -0.15) is 0 Å². The van der Waals surface area contributed by atoms with Crippen LogP contribution in [0.25, 0.3) is 11.3 Å². The van der Waals surface area contributed by atoms with Crippen molar-refractivity contribution in [2.75, 3.05) is 7.11 Å². The number of aliphatic hydroxyl groups excluding tert-OH is 1. The van der Waals surface area contributed by atoms with Crippen molar-refractivity contribution in [2.24, 2.45) is 0 Å². The van der Waals surface area contributed by atoms with Crippen LogP contribution in [-0.2, 0) is 11.2 Å². The summed E-state index contributed by atoms with van der Waals surface area (Å²) in [6, 6.07) is 7.44. The number of hydrogen-bond acceptors (Lipinski definition) is 5. The smallest absolute Gasteiger partial charge is 0.305 e. The molecule has 0 fully saturated rings. The van der Waals surface area contributed by atoms with Crippen LogP contribution in [-0.4, -0.2) is 39.4 Å². The molecule has 0 aliphatic carbocycles. The van der Waals surface area contributed by atoms with Gasteiger partial charge >= 0.3 is 5.97 Å². The van der Waals surface area contributed by atoms with Crippen LogP contribution in [0.2, 0.25) is 0 Å². The first kappa shape index (κ1) is 15.9. The molecule has 0 amide bonds. The summed E-state index contributed by atoms with van der Waals surface area (Å²) in [5.74, 6) is -0.444. The number of pyridine rings is 2. The molecule has 6 heteroatoms. The average molecular weight is 302 g/mol. The molecule has 0 aliphatic rings. The van der Waals surface area contributed by atoms with E-state index in [2.05, 4.69) is 9.97 Å². The minimum Gasteiger partial charge on any atom is -0.481 e. The minimum absolute atomic E-state index is 0.233. The lowest BCUT2D eigenvalue weighted by atomic mass is 10.1. The summed E-state index contributed by atoms with van der Waals surface area (Å²) in [6.07, 6.45) is 3.34. The third-order valence-corrected chi connectivity index (χ3v) is 3.24. The number of ether oxygens (including phenoxy) is 1. The van der Waals surface area contributed by atoms with Crippen molar-refractivity contribution in [3.63, 3.8) is 0 Å². The summed E-state index contributed by atoms with van der Waals surface area (Å²) in [5, 5.41) is 18.1. The zero-order chi connectivity index (χ0) is 15.9. The molecule has 2 aromatic heterocycles. The highest BCUT2D eigenvalue weighted by Crippen LogP contribution is 2.19. The second-order valence-corrected chi connectivity index (χ2v) is 4.93. The molecule has 2 N–H and O–H groups in total. The molecule has 0 aromatic carbocycles. The maximum atomic E-state index is 10.5. The topological polar surface area (TPSA) is 92.5 Å². The number of hydrogen-bond donors (Lipinski definition) is 2. The van der Waals surface area contributed by atoms with E-state index < -0.39 is 12.1 Å². The van der Waals surface area contributed by atoms with E-state index in [0.717, 1.165) is 16.8 Å². The van der Waals surface area contributed by atoms with Gasteiger partial charge in [0, 0.05) is 24.0 Å². The Balaban J connectivity index is 1.96. The number of carboxylic acid groups (broad SMARTS) is 1. The van der Waals surface area contributed by atoms with Crippen molar-refractivity contribution in [2.45, 2.75) is 25.4 Å². The molecule has 0 radical (unpaired) electrons. The first-order chi connectivity index (χ1) is 10.6. The van der Waals surface area contributed by atoms with Gasteiger partial charge in [0.1, 0.15) is 0 Å². The second kappa shape index (κ2) is 7.51. The minimum atomic E-state index is -0.993. The molecule has 1 unspecified atom stereocenters. The van der Waals surface area contributed by atoms with Gasteiger partial charge in [-0.25, -0.2) is 4.98 Å². The molecule has 22 heavy (non-hydrogen) atoms. The normalized spacial score (nSPS) is 11.9. The van der Waals surface area contributed by atoms with Crippen LogP contribution in [0, 0.1) is 0 Å². The summed E-state index contributed by atoms with van der Waals surface area (Å²) in [5.41, 5.74) is 2.64. The summed E-state index contributed by atoms with van der Waals surface area (Å²) in [7, 11) is 1.56. The van der Waals surface area contributed by atoms with Gasteiger partial charge in [-0.3, -0.25) is 9.78 Å². The van der Waals surface area contributed by atoms with Crippen molar-refractivity contribution in [1.29, 1.82) is 0 Å². The van der Waals surface area contributed by atoms with Gasteiger partial charge in [-0.15, -0.1) is 0 Å². The molecule has 0 aliphatic heterocycles. The predicted molar refractivity (Wildman–Crippen MR) is 80.6 cm³/mol. The molecule has 0 saturated carbocycles. The number of nitrogens with zero attached hydrogens (tertiary/aromatic N) is 2. The molecule has 0 bridgehead atoms. The Hall–Kier alpha value is -2.47. The average Bonchev–Trinajstić information content (AvgIpc) is 2.53. The van der Waals surface area contributed by atoms with Crippen LogP contribution in [0.5, 0.6) is 5.88 Å². The summed E-state index contributed by atoms with van der Waals surface area (Å²) < 4.78 is 5.01. The van der Waals surface area contributed by atoms with E-state index in [4.69, 9.17) is 9.84 Å². The van der Waals surface area contributed by atoms with Crippen LogP contribution in [0.4, 0.5) is 0 Å². The van der Waals surface area contributed by atoms with E-state index >= 15 is 0 Å². The van der Waals surface area contributed by atoms with E-state index in [0.29, 0.717) is 18.7 Å². The van der Waals surface area contributed by atoms with E-state index in [1.165, 1.54) is 0 Å². The second-order valence-electron chi connectivity index (χ2n) is 4.93. The van der Waals surface area contributed by atoms with Crippen molar-refractivity contribution in [3.8, 4) is 17.1 Å². The van der Waals surface area contributed by atoms with E-state index in [1.807, 2.05) is 18.2 Å². The lowest BCUT2D eigenvalue weighted by molar-refractivity contribution is -0.139. The summed E-state index contributed by atoms with van der Waals surface area (Å²) >= 11 is 0. The third-order valence-electron chi connectivity index (χ3n) is 3.24. The van der Waals surface area contributed by atoms with Crippen LogP contribution >= 0.6 is 0 Å².